The summed E-state index contributed by atoms with van der Waals surface area (Å²) in [5.41, 5.74) is 6.12. The molecule has 0 saturated heterocycles. The van der Waals surface area contributed by atoms with Crippen molar-refractivity contribution < 1.29 is 26.6 Å². The minimum Gasteiger partial charge on any atom is -0.344 e. The third kappa shape index (κ3) is 9.31. The van der Waals surface area contributed by atoms with Gasteiger partial charge in [-0.15, -0.1) is 0 Å². The Kier molecular flexibility index (Phi) is 14.2. The third-order valence-corrected chi connectivity index (χ3v) is 12.9. The molecule has 282 valence electrons. The van der Waals surface area contributed by atoms with E-state index in [1.807, 2.05) is 6.08 Å². The Hall–Kier alpha value is -3.16. The molecular formula is C41H58N4O5PS+. The first kappa shape index (κ1) is 41.6. The minimum absolute atomic E-state index is 0.0860. The third-order valence-electron chi connectivity index (χ3n) is 9.90. The number of anilines is 1. The summed E-state index contributed by atoms with van der Waals surface area (Å²) in [6, 6.07) is 16.2. The standard InChI is InChI=1S/C41H57N4O5PS/c1-10-43-37-25-24-33(52(46,47)48)30-35(37)41(8,9)38(43)22-13-11-14-23-39-40(6,7)34-20-15-16-21-36(34)44(39)27-17-12-18-28-49-51(50-29-19-26-42)45(31(2)3)32(4)5/h11,13-16,20-25,30-32H,10,12,17-19,27-29H2,1-9H3/p+1. The lowest BCUT2D eigenvalue weighted by molar-refractivity contribution is -0.438. The molecule has 0 fully saturated rings. The zero-order valence-corrected chi connectivity index (χ0v) is 34.2. The van der Waals surface area contributed by atoms with Gasteiger partial charge in [-0.3, -0.25) is 4.55 Å². The normalized spacial score (nSPS) is 18.1. The molecule has 2 aromatic rings. The smallest absolute Gasteiger partial charge is 0.294 e. The van der Waals surface area contributed by atoms with Gasteiger partial charge in [-0.1, -0.05) is 50.3 Å². The van der Waals surface area contributed by atoms with E-state index >= 15 is 0 Å². The highest BCUT2D eigenvalue weighted by Gasteiger charge is 2.44. The van der Waals surface area contributed by atoms with Gasteiger partial charge in [-0.05, 0) is 91.1 Å². The van der Waals surface area contributed by atoms with Crippen molar-refractivity contribution in [2.45, 2.75) is 116 Å². The van der Waals surface area contributed by atoms with Crippen molar-refractivity contribution >= 4 is 35.7 Å². The monoisotopic (exact) mass is 749 g/mol. The number of para-hydroxylation sites is 1. The second-order valence-electron chi connectivity index (χ2n) is 14.9. The van der Waals surface area contributed by atoms with E-state index in [1.54, 1.807) is 12.1 Å². The summed E-state index contributed by atoms with van der Waals surface area (Å²) in [5.74, 6) is 0. The zero-order valence-electron chi connectivity index (χ0n) is 32.5. The largest absolute Gasteiger partial charge is 0.344 e. The molecule has 9 nitrogen and oxygen atoms in total. The fourth-order valence-corrected chi connectivity index (χ4v) is 9.53. The highest BCUT2D eigenvalue weighted by atomic mass is 32.2. The summed E-state index contributed by atoms with van der Waals surface area (Å²) in [5, 5.41) is 9.00. The van der Waals surface area contributed by atoms with Crippen molar-refractivity contribution in [2.24, 2.45) is 0 Å². The van der Waals surface area contributed by atoms with Gasteiger partial charge < -0.3 is 13.9 Å². The number of rotatable bonds is 18. The van der Waals surface area contributed by atoms with Crippen LogP contribution in [0.5, 0.6) is 0 Å². The summed E-state index contributed by atoms with van der Waals surface area (Å²) in [6.45, 7) is 22.0. The summed E-state index contributed by atoms with van der Waals surface area (Å²) >= 11 is 0. The number of hydrogen-bond donors (Lipinski definition) is 1. The van der Waals surface area contributed by atoms with Gasteiger partial charge in [-0.25, -0.2) is 4.67 Å². The van der Waals surface area contributed by atoms with E-state index < -0.39 is 24.1 Å². The number of fused-ring (bicyclic) bond motifs is 2. The first-order valence-electron chi connectivity index (χ1n) is 18.5. The lowest BCUT2D eigenvalue weighted by atomic mass is 9.81. The van der Waals surface area contributed by atoms with Crippen molar-refractivity contribution in [1.82, 2.24) is 4.67 Å². The van der Waals surface area contributed by atoms with Gasteiger partial charge in [0.1, 0.15) is 6.54 Å². The number of nitriles is 1. The molecule has 2 aliphatic heterocycles. The zero-order chi connectivity index (χ0) is 38.3. The van der Waals surface area contributed by atoms with Crippen molar-refractivity contribution in [3.05, 3.63) is 89.7 Å². The molecule has 0 radical (unpaired) electrons. The fourth-order valence-electron chi connectivity index (χ4n) is 7.40. The maximum Gasteiger partial charge on any atom is 0.294 e. The van der Waals surface area contributed by atoms with E-state index in [0.29, 0.717) is 19.6 Å². The summed E-state index contributed by atoms with van der Waals surface area (Å²) in [7, 11) is -5.52. The van der Waals surface area contributed by atoms with Crippen LogP contribution in [0.1, 0.15) is 99.1 Å². The second-order valence-corrected chi connectivity index (χ2v) is 17.8. The van der Waals surface area contributed by atoms with Crippen LogP contribution in [0, 0.1) is 11.3 Å². The molecule has 1 atom stereocenters. The topological polar surface area (TPSA) is 106 Å². The molecule has 0 saturated carbocycles. The number of allylic oxidation sites excluding steroid dienone is 6. The van der Waals surface area contributed by atoms with E-state index in [4.69, 9.17) is 14.3 Å². The molecule has 11 heteroatoms. The fraction of sp³-hybridized carbons (Fsp3) is 0.512. The molecule has 0 amide bonds. The molecule has 2 heterocycles. The molecule has 0 aromatic heterocycles. The molecule has 1 N–H and O–H groups in total. The van der Waals surface area contributed by atoms with Gasteiger partial charge in [-0.2, -0.15) is 18.3 Å². The van der Waals surface area contributed by atoms with Crippen LogP contribution in [0.4, 0.5) is 11.4 Å². The number of nitrogens with zero attached hydrogens (tertiary/aromatic N) is 4. The SMILES string of the molecule is CCN1/C(=C/C=C/C=C/C2=[N+](CCCCCOP(OCCC#N)N(C(C)C)C(C)C)c3ccccc3C2(C)C)C(C)(C)c2cc(S(=O)(=O)O)ccc21. The van der Waals surface area contributed by atoms with Crippen LogP contribution in [-0.2, 0) is 30.0 Å². The Bertz CT molecular complexity index is 1830. The van der Waals surface area contributed by atoms with Gasteiger partial charge in [0.25, 0.3) is 18.6 Å². The number of hydrogen-bond acceptors (Lipinski definition) is 7. The first-order valence-corrected chi connectivity index (χ1v) is 21.0. The van der Waals surface area contributed by atoms with Crippen LogP contribution in [-0.4, -0.2) is 66.3 Å². The van der Waals surface area contributed by atoms with Crippen LogP contribution >= 0.6 is 8.53 Å². The maximum atomic E-state index is 11.9. The van der Waals surface area contributed by atoms with Crippen LogP contribution < -0.4 is 4.90 Å². The van der Waals surface area contributed by atoms with E-state index in [0.717, 1.165) is 49.3 Å². The molecule has 1 unspecified atom stereocenters. The molecular weight excluding hydrogens is 692 g/mol. The molecule has 2 aliphatic rings. The Morgan fingerprint density at radius 3 is 2.29 bits per heavy atom. The molecule has 0 bridgehead atoms. The molecule has 0 spiro atoms. The first-order chi connectivity index (χ1) is 24.6. The molecule has 52 heavy (non-hydrogen) atoms. The average Bonchev–Trinajstić information content (AvgIpc) is 3.43. The van der Waals surface area contributed by atoms with E-state index in [2.05, 4.69) is 131 Å². The minimum atomic E-state index is -4.30. The maximum absolute atomic E-state index is 11.9. The van der Waals surface area contributed by atoms with E-state index in [-0.39, 0.29) is 22.4 Å². The van der Waals surface area contributed by atoms with Gasteiger partial charge in [0.15, 0.2) is 5.71 Å². The number of benzene rings is 2. The van der Waals surface area contributed by atoms with Gasteiger partial charge in [0, 0.05) is 59.6 Å². The number of likely N-dealkylation sites (N-methyl/N-ethyl adjacent to an activating group) is 1. The van der Waals surface area contributed by atoms with Crippen molar-refractivity contribution in [3.8, 4) is 6.07 Å². The lowest BCUT2D eigenvalue weighted by Crippen LogP contribution is -2.33. The van der Waals surface area contributed by atoms with Gasteiger partial charge >= 0.3 is 0 Å². The Morgan fingerprint density at radius 1 is 0.942 bits per heavy atom. The lowest BCUT2D eigenvalue weighted by Gasteiger charge is -2.35. The van der Waals surface area contributed by atoms with Crippen LogP contribution in [0.15, 0.2) is 83.4 Å². The predicted octanol–water partition coefficient (Wildman–Crippen LogP) is 9.59. The van der Waals surface area contributed by atoms with Crippen LogP contribution in [0.25, 0.3) is 0 Å². The molecule has 4 rings (SSSR count). The summed E-state index contributed by atoms with van der Waals surface area (Å²) in [6.07, 6.45) is 13.8. The van der Waals surface area contributed by atoms with E-state index in [1.165, 1.54) is 23.0 Å². The quantitative estimate of drug-likeness (QED) is 0.0528. The van der Waals surface area contributed by atoms with Gasteiger partial charge in [0.05, 0.1) is 36.0 Å². The average molecular weight is 750 g/mol. The Morgan fingerprint density at radius 2 is 1.63 bits per heavy atom. The van der Waals surface area contributed by atoms with Crippen molar-refractivity contribution in [3.63, 3.8) is 0 Å². The Balaban J connectivity index is 1.47. The highest BCUT2D eigenvalue weighted by molar-refractivity contribution is 7.85. The summed E-state index contributed by atoms with van der Waals surface area (Å²) < 4.78 is 50.5. The summed E-state index contributed by atoms with van der Waals surface area (Å²) in [4.78, 5) is 2.11. The van der Waals surface area contributed by atoms with Crippen molar-refractivity contribution in [2.75, 3.05) is 31.2 Å². The Labute approximate surface area is 314 Å². The predicted molar refractivity (Wildman–Crippen MR) is 213 cm³/mol. The molecule has 2 aromatic carbocycles. The number of unbranched alkanes of at least 4 members (excludes halogenated alkanes) is 2. The van der Waals surface area contributed by atoms with Crippen molar-refractivity contribution in [1.29, 1.82) is 5.26 Å². The van der Waals surface area contributed by atoms with Gasteiger partial charge in [0.2, 0.25) is 5.69 Å². The van der Waals surface area contributed by atoms with Crippen LogP contribution in [0.3, 0.4) is 0 Å². The molecule has 0 aliphatic carbocycles. The second kappa shape index (κ2) is 17.8. The van der Waals surface area contributed by atoms with E-state index in [9.17, 15) is 13.0 Å². The van der Waals surface area contributed by atoms with Crippen LogP contribution in [0.2, 0.25) is 0 Å². The highest BCUT2D eigenvalue weighted by Crippen LogP contribution is 2.49.